The van der Waals surface area contributed by atoms with Crippen molar-refractivity contribution >= 4 is 23.6 Å². The molecule has 0 aliphatic carbocycles. The highest BCUT2D eigenvalue weighted by atomic mass is 16.5. The molecular formula is C22H21NO4. The van der Waals surface area contributed by atoms with Gasteiger partial charge in [-0.2, -0.15) is 0 Å². The van der Waals surface area contributed by atoms with E-state index < -0.39 is 5.97 Å². The second-order valence-corrected chi connectivity index (χ2v) is 5.99. The number of benzene rings is 2. The fourth-order valence-electron chi connectivity index (χ4n) is 3.04. The third-order valence-corrected chi connectivity index (χ3v) is 4.32. The van der Waals surface area contributed by atoms with Crippen molar-refractivity contribution < 1.29 is 19.1 Å². The van der Waals surface area contributed by atoms with Gasteiger partial charge in [0.2, 0.25) is 0 Å². The fraction of sp³-hybridized carbons (Fsp3) is 0.182. The molecule has 0 radical (unpaired) electrons. The second kappa shape index (κ2) is 7.91. The van der Waals surface area contributed by atoms with Crippen molar-refractivity contribution in [1.29, 1.82) is 0 Å². The summed E-state index contributed by atoms with van der Waals surface area (Å²) in [5, 5.41) is 0. The molecule has 0 spiro atoms. The average Bonchev–Trinajstić information content (AvgIpc) is 2.93. The summed E-state index contributed by atoms with van der Waals surface area (Å²) in [6, 6.07) is 16.5. The minimum absolute atomic E-state index is 0.241. The number of carbonyl (C=O) groups is 2. The molecule has 5 heteroatoms. The van der Waals surface area contributed by atoms with Crippen LogP contribution in [0.15, 0.2) is 71.4 Å². The Morgan fingerprint density at radius 1 is 1.07 bits per heavy atom. The van der Waals surface area contributed by atoms with E-state index in [0.29, 0.717) is 22.5 Å². The Balaban J connectivity index is 2.08. The summed E-state index contributed by atoms with van der Waals surface area (Å²) in [6.07, 6.45) is 1.71. The van der Waals surface area contributed by atoms with E-state index in [-0.39, 0.29) is 12.5 Å². The first-order chi connectivity index (χ1) is 13.1. The van der Waals surface area contributed by atoms with Crippen LogP contribution in [0.3, 0.4) is 0 Å². The highest BCUT2D eigenvalue weighted by Gasteiger charge is 2.37. The number of ether oxygens (including phenoxy) is 2. The van der Waals surface area contributed by atoms with E-state index in [4.69, 9.17) is 9.47 Å². The summed E-state index contributed by atoms with van der Waals surface area (Å²) < 4.78 is 10.4. The van der Waals surface area contributed by atoms with Crippen LogP contribution in [-0.2, 0) is 14.3 Å². The van der Waals surface area contributed by atoms with Crippen molar-refractivity contribution in [3.8, 4) is 5.75 Å². The van der Waals surface area contributed by atoms with Gasteiger partial charge in [-0.25, -0.2) is 4.79 Å². The maximum atomic E-state index is 13.1. The number of para-hydroxylation sites is 1. The number of methoxy groups -OCH3 is 1. The number of rotatable bonds is 5. The number of esters is 1. The molecule has 0 unspecified atom stereocenters. The largest absolute Gasteiger partial charge is 0.497 e. The summed E-state index contributed by atoms with van der Waals surface area (Å²) in [6.45, 7) is 3.74. The van der Waals surface area contributed by atoms with Gasteiger partial charge in [0.05, 0.1) is 24.9 Å². The summed E-state index contributed by atoms with van der Waals surface area (Å²) in [4.78, 5) is 27.2. The van der Waals surface area contributed by atoms with Gasteiger partial charge in [-0.05, 0) is 49.8 Å². The van der Waals surface area contributed by atoms with Crippen LogP contribution in [0.2, 0.25) is 0 Å². The van der Waals surface area contributed by atoms with Crippen LogP contribution >= 0.6 is 0 Å². The van der Waals surface area contributed by atoms with Gasteiger partial charge in [-0.1, -0.05) is 30.3 Å². The number of hydrogen-bond donors (Lipinski definition) is 0. The van der Waals surface area contributed by atoms with Gasteiger partial charge < -0.3 is 9.47 Å². The first-order valence-electron chi connectivity index (χ1n) is 8.70. The highest BCUT2D eigenvalue weighted by molar-refractivity contribution is 6.23. The van der Waals surface area contributed by atoms with Gasteiger partial charge in [-0.3, -0.25) is 9.69 Å². The molecule has 1 amide bonds. The van der Waals surface area contributed by atoms with Gasteiger partial charge in [0.1, 0.15) is 5.75 Å². The Kier molecular flexibility index (Phi) is 5.41. The Labute approximate surface area is 158 Å². The van der Waals surface area contributed by atoms with E-state index in [1.807, 2.05) is 42.5 Å². The zero-order chi connectivity index (χ0) is 19.4. The predicted octanol–water partition coefficient (Wildman–Crippen LogP) is 3.96. The second-order valence-electron chi connectivity index (χ2n) is 5.99. The Morgan fingerprint density at radius 3 is 2.33 bits per heavy atom. The minimum Gasteiger partial charge on any atom is -0.497 e. The van der Waals surface area contributed by atoms with E-state index in [1.165, 1.54) is 0 Å². The fourth-order valence-corrected chi connectivity index (χ4v) is 3.04. The first kappa shape index (κ1) is 18.5. The van der Waals surface area contributed by atoms with Crippen LogP contribution in [0.1, 0.15) is 19.4 Å². The lowest BCUT2D eigenvalue weighted by Gasteiger charge is -2.17. The first-order valence-corrected chi connectivity index (χ1v) is 8.70. The van der Waals surface area contributed by atoms with Crippen LogP contribution in [0.5, 0.6) is 5.75 Å². The monoisotopic (exact) mass is 363 g/mol. The molecule has 0 bridgehead atoms. The number of allylic oxidation sites excluding steroid dienone is 1. The van der Waals surface area contributed by atoms with Crippen molar-refractivity contribution in [2.45, 2.75) is 13.8 Å². The summed E-state index contributed by atoms with van der Waals surface area (Å²) >= 11 is 0. The lowest BCUT2D eigenvalue weighted by atomic mass is 10.0. The van der Waals surface area contributed by atoms with Crippen molar-refractivity contribution in [3.63, 3.8) is 0 Å². The molecule has 2 aromatic carbocycles. The molecule has 3 rings (SSSR count). The molecule has 0 atom stereocenters. The SMILES string of the molecule is CCOC(=O)C1=C(C)N(c2ccccc2)C(=O)/C1=C\c1ccc(OC)cc1. The minimum atomic E-state index is -0.499. The average molecular weight is 363 g/mol. The molecule has 2 aromatic rings. The lowest BCUT2D eigenvalue weighted by molar-refractivity contribution is -0.138. The van der Waals surface area contributed by atoms with Gasteiger partial charge in [0, 0.05) is 11.4 Å². The molecule has 1 heterocycles. The van der Waals surface area contributed by atoms with E-state index in [0.717, 1.165) is 11.3 Å². The van der Waals surface area contributed by atoms with Crippen LogP contribution in [-0.4, -0.2) is 25.6 Å². The molecule has 27 heavy (non-hydrogen) atoms. The third-order valence-electron chi connectivity index (χ3n) is 4.32. The van der Waals surface area contributed by atoms with Gasteiger partial charge in [0.25, 0.3) is 5.91 Å². The molecule has 0 saturated carbocycles. The third kappa shape index (κ3) is 3.62. The zero-order valence-corrected chi connectivity index (χ0v) is 15.6. The maximum absolute atomic E-state index is 13.1. The molecule has 0 aromatic heterocycles. The summed E-state index contributed by atoms with van der Waals surface area (Å²) in [5.41, 5.74) is 2.68. The Bertz CT molecular complexity index is 911. The van der Waals surface area contributed by atoms with E-state index in [9.17, 15) is 9.59 Å². The molecule has 1 aliphatic heterocycles. The van der Waals surface area contributed by atoms with Crippen molar-refractivity contribution in [2.75, 3.05) is 18.6 Å². The number of anilines is 1. The quantitative estimate of drug-likeness (QED) is 0.596. The molecular weight excluding hydrogens is 342 g/mol. The molecule has 0 fully saturated rings. The standard InChI is InChI=1S/C22H21NO4/c1-4-27-22(25)20-15(2)23(17-8-6-5-7-9-17)21(24)19(20)14-16-10-12-18(26-3)13-11-16/h5-14H,4H2,1-3H3/b19-14-. The van der Waals surface area contributed by atoms with Gasteiger partial charge >= 0.3 is 5.97 Å². The smallest absolute Gasteiger partial charge is 0.340 e. The molecule has 1 aliphatic rings. The zero-order valence-electron chi connectivity index (χ0n) is 15.6. The van der Waals surface area contributed by atoms with Crippen molar-refractivity contribution in [2.24, 2.45) is 0 Å². The van der Waals surface area contributed by atoms with Crippen molar-refractivity contribution in [3.05, 3.63) is 77.0 Å². The highest BCUT2D eigenvalue weighted by Crippen LogP contribution is 2.35. The van der Waals surface area contributed by atoms with Crippen molar-refractivity contribution in [1.82, 2.24) is 0 Å². The molecule has 0 saturated heterocycles. The van der Waals surface area contributed by atoms with E-state index in [2.05, 4.69) is 0 Å². The predicted molar refractivity (Wildman–Crippen MR) is 104 cm³/mol. The van der Waals surface area contributed by atoms with Gasteiger partial charge in [0.15, 0.2) is 0 Å². The summed E-state index contributed by atoms with van der Waals surface area (Å²) in [7, 11) is 1.59. The van der Waals surface area contributed by atoms with Crippen LogP contribution in [0.4, 0.5) is 5.69 Å². The Morgan fingerprint density at radius 2 is 1.74 bits per heavy atom. The van der Waals surface area contributed by atoms with Gasteiger partial charge in [-0.15, -0.1) is 0 Å². The number of hydrogen-bond acceptors (Lipinski definition) is 4. The lowest BCUT2D eigenvalue weighted by Crippen LogP contribution is -2.24. The summed E-state index contributed by atoms with van der Waals surface area (Å²) in [5.74, 6) is -0.0303. The van der Waals surface area contributed by atoms with Crippen LogP contribution < -0.4 is 9.64 Å². The molecule has 138 valence electrons. The molecule has 0 N–H and O–H groups in total. The van der Waals surface area contributed by atoms with E-state index >= 15 is 0 Å². The molecule has 5 nitrogen and oxygen atoms in total. The normalized spacial score (nSPS) is 15.4. The topological polar surface area (TPSA) is 55.8 Å². The number of nitrogens with zero attached hydrogens (tertiary/aromatic N) is 1. The number of amides is 1. The number of carbonyl (C=O) groups excluding carboxylic acids is 2. The maximum Gasteiger partial charge on any atom is 0.340 e. The van der Waals surface area contributed by atoms with Crippen LogP contribution in [0.25, 0.3) is 6.08 Å². The van der Waals surface area contributed by atoms with E-state index in [1.54, 1.807) is 44.1 Å². The van der Waals surface area contributed by atoms with Crippen LogP contribution in [0, 0.1) is 0 Å². The Hall–Kier alpha value is -3.34.